The molecule has 0 radical (unpaired) electrons. The summed E-state index contributed by atoms with van der Waals surface area (Å²) in [6, 6.07) is 7.17. The molecule has 2 heterocycles. The lowest BCUT2D eigenvalue weighted by molar-refractivity contribution is 0.0922. The Bertz CT molecular complexity index is 822. The van der Waals surface area contributed by atoms with E-state index in [9.17, 15) is 4.79 Å². The zero-order valence-electron chi connectivity index (χ0n) is 14.4. The van der Waals surface area contributed by atoms with Crippen LogP contribution >= 0.6 is 0 Å². The van der Waals surface area contributed by atoms with Gasteiger partial charge in [0.1, 0.15) is 18.5 Å². The minimum absolute atomic E-state index is 0.143. The molecule has 0 fully saturated rings. The second kappa shape index (κ2) is 7.20. The van der Waals surface area contributed by atoms with Gasteiger partial charge >= 0.3 is 0 Å². The van der Waals surface area contributed by atoms with E-state index in [0.717, 1.165) is 11.4 Å². The monoisotopic (exact) mass is 340 g/mol. The van der Waals surface area contributed by atoms with Crippen molar-refractivity contribution in [3.05, 3.63) is 53.9 Å². The maximum atomic E-state index is 12.6. The highest BCUT2D eigenvalue weighted by Crippen LogP contribution is 2.19. The zero-order chi connectivity index (χ0) is 17.8. The van der Waals surface area contributed by atoms with Crippen LogP contribution in [0, 0.1) is 5.92 Å². The maximum Gasteiger partial charge on any atom is 0.251 e. The van der Waals surface area contributed by atoms with Gasteiger partial charge in [-0.15, -0.1) is 5.10 Å². The summed E-state index contributed by atoms with van der Waals surface area (Å²) in [6.45, 7) is 4.63. The standard InChI is InChI=1S/C16H20N8O/c1-11(2)14(15-17-9-19-23(15)3)20-16(25)13-6-4-12(5-7-13)8-24-10-18-21-22-24/h4-7,9-11,14H,8H2,1-3H3,(H,20,25)/t14-/m1/s1. The van der Waals surface area contributed by atoms with Gasteiger partial charge in [0, 0.05) is 12.6 Å². The quantitative estimate of drug-likeness (QED) is 0.717. The van der Waals surface area contributed by atoms with E-state index in [0.29, 0.717) is 12.1 Å². The normalized spacial score (nSPS) is 12.3. The SMILES string of the molecule is CC(C)[C@@H](NC(=O)c1ccc(Cn2cnnn2)cc1)c1ncnn1C. The molecule has 1 amide bonds. The Labute approximate surface area is 145 Å². The highest BCUT2D eigenvalue weighted by atomic mass is 16.1. The molecule has 0 aliphatic heterocycles. The van der Waals surface area contributed by atoms with Gasteiger partial charge < -0.3 is 5.32 Å². The van der Waals surface area contributed by atoms with Crippen LogP contribution in [0.15, 0.2) is 36.9 Å². The van der Waals surface area contributed by atoms with Crippen LogP contribution in [-0.2, 0) is 13.6 Å². The molecule has 0 aliphatic carbocycles. The first kappa shape index (κ1) is 16.7. The van der Waals surface area contributed by atoms with Gasteiger partial charge in [0.15, 0.2) is 0 Å². The largest absolute Gasteiger partial charge is 0.342 e. The summed E-state index contributed by atoms with van der Waals surface area (Å²) in [5.74, 6) is 0.778. The Kier molecular flexibility index (Phi) is 4.82. The van der Waals surface area contributed by atoms with Crippen LogP contribution in [0.4, 0.5) is 0 Å². The molecule has 1 N–H and O–H groups in total. The fourth-order valence-electron chi connectivity index (χ4n) is 2.54. The molecular weight excluding hydrogens is 320 g/mol. The molecule has 3 aromatic rings. The van der Waals surface area contributed by atoms with Crippen LogP contribution in [-0.4, -0.2) is 40.9 Å². The summed E-state index contributed by atoms with van der Waals surface area (Å²) in [6.07, 6.45) is 3.04. The number of carbonyl (C=O) groups is 1. The number of nitrogens with one attached hydrogen (secondary N) is 1. The van der Waals surface area contributed by atoms with Gasteiger partial charge in [-0.05, 0) is 34.0 Å². The van der Waals surface area contributed by atoms with Crippen molar-refractivity contribution in [3.8, 4) is 0 Å². The number of carbonyl (C=O) groups excluding carboxylic acids is 1. The third-order valence-electron chi connectivity index (χ3n) is 3.93. The molecule has 2 aromatic heterocycles. The molecule has 25 heavy (non-hydrogen) atoms. The van der Waals surface area contributed by atoms with Gasteiger partial charge in [0.05, 0.1) is 12.6 Å². The van der Waals surface area contributed by atoms with Gasteiger partial charge in [-0.25, -0.2) is 9.67 Å². The van der Waals surface area contributed by atoms with Crippen molar-refractivity contribution in [3.63, 3.8) is 0 Å². The molecule has 9 heteroatoms. The Morgan fingerprint density at radius 3 is 2.56 bits per heavy atom. The Morgan fingerprint density at radius 1 is 1.24 bits per heavy atom. The number of aromatic nitrogens is 7. The van der Waals surface area contributed by atoms with Crippen molar-refractivity contribution in [1.29, 1.82) is 0 Å². The highest BCUT2D eigenvalue weighted by molar-refractivity contribution is 5.94. The fourth-order valence-corrected chi connectivity index (χ4v) is 2.54. The minimum Gasteiger partial charge on any atom is -0.342 e. The topological polar surface area (TPSA) is 103 Å². The van der Waals surface area contributed by atoms with E-state index in [-0.39, 0.29) is 17.9 Å². The van der Waals surface area contributed by atoms with E-state index in [1.54, 1.807) is 27.8 Å². The maximum absolute atomic E-state index is 12.6. The average Bonchev–Trinajstić information content (AvgIpc) is 3.24. The highest BCUT2D eigenvalue weighted by Gasteiger charge is 2.23. The van der Waals surface area contributed by atoms with Crippen molar-refractivity contribution >= 4 is 5.91 Å². The zero-order valence-corrected chi connectivity index (χ0v) is 14.4. The smallest absolute Gasteiger partial charge is 0.251 e. The van der Waals surface area contributed by atoms with Crippen molar-refractivity contribution in [2.45, 2.75) is 26.4 Å². The molecule has 1 atom stereocenters. The van der Waals surface area contributed by atoms with Crippen molar-refractivity contribution in [1.82, 2.24) is 40.3 Å². The van der Waals surface area contributed by atoms with Crippen LogP contribution in [0.2, 0.25) is 0 Å². The Hall–Kier alpha value is -3.10. The van der Waals surface area contributed by atoms with Crippen molar-refractivity contribution in [2.75, 3.05) is 0 Å². The van der Waals surface area contributed by atoms with Crippen LogP contribution in [0.3, 0.4) is 0 Å². The van der Waals surface area contributed by atoms with Gasteiger partial charge in [-0.1, -0.05) is 26.0 Å². The first-order valence-corrected chi connectivity index (χ1v) is 7.99. The lowest BCUT2D eigenvalue weighted by atomic mass is 10.0. The molecule has 130 valence electrons. The molecule has 0 aliphatic rings. The van der Waals surface area contributed by atoms with Gasteiger partial charge in [-0.2, -0.15) is 5.10 Å². The van der Waals surface area contributed by atoms with E-state index < -0.39 is 0 Å². The minimum atomic E-state index is -0.208. The number of hydrogen-bond acceptors (Lipinski definition) is 6. The van der Waals surface area contributed by atoms with Gasteiger partial charge in [0.25, 0.3) is 5.91 Å². The molecule has 0 bridgehead atoms. The Balaban J connectivity index is 1.70. The predicted octanol–water partition coefficient (Wildman–Crippen LogP) is 0.977. The second-order valence-electron chi connectivity index (χ2n) is 6.14. The first-order chi connectivity index (χ1) is 12.0. The predicted molar refractivity (Wildman–Crippen MR) is 89.4 cm³/mol. The number of amides is 1. The van der Waals surface area contributed by atoms with Crippen LogP contribution < -0.4 is 5.32 Å². The van der Waals surface area contributed by atoms with E-state index in [4.69, 9.17) is 0 Å². The lowest BCUT2D eigenvalue weighted by Crippen LogP contribution is -2.33. The molecule has 1 aromatic carbocycles. The summed E-state index contributed by atoms with van der Waals surface area (Å²) >= 11 is 0. The summed E-state index contributed by atoms with van der Waals surface area (Å²) in [5.41, 5.74) is 1.60. The summed E-state index contributed by atoms with van der Waals surface area (Å²) in [5, 5.41) is 18.1. The van der Waals surface area contributed by atoms with Gasteiger partial charge in [-0.3, -0.25) is 9.48 Å². The fraction of sp³-hybridized carbons (Fsp3) is 0.375. The summed E-state index contributed by atoms with van der Waals surface area (Å²) in [7, 11) is 1.82. The van der Waals surface area contributed by atoms with Crippen molar-refractivity contribution < 1.29 is 4.79 Å². The molecular formula is C16H20N8O. The molecule has 0 unspecified atom stereocenters. The van der Waals surface area contributed by atoms with E-state index in [1.165, 1.54) is 6.33 Å². The van der Waals surface area contributed by atoms with Crippen LogP contribution in [0.5, 0.6) is 0 Å². The first-order valence-electron chi connectivity index (χ1n) is 7.99. The Morgan fingerprint density at radius 2 is 2.00 bits per heavy atom. The number of hydrogen-bond donors (Lipinski definition) is 1. The summed E-state index contributed by atoms with van der Waals surface area (Å²) in [4.78, 5) is 16.8. The van der Waals surface area contributed by atoms with E-state index >= 15 is 0 Å². The molecule has 0 spiro atoms. The van der Waals surface area contributed by atoms with Gasteiger partial charge in [0.2, 0.25) is 0 Å². The molecule has 9 nitrogen and oxygen atoms in total. The number of nitrogens with zero attached hydrogens (tertiary/aromatic N) is 7. The second-order valence-corrected chi connectivity index (χ2v) is 6.14. The van der Waals surface area contributed by atoms with E-state index in [2.05, 4.69) is 30.9 Å². The van der Waals surface area contributed by atoms with Crippen LogP contribution in [0.1, 0.15) is 41.6 Å². The molecule has 3 rings (SSSR count). The number of rotatable bonds is 6. The lowest BCUT2D eigenvalue weighted by Gasteiger charge is -2.21. The third-order valence-corrected chi connectivity index (χ3v) is 3.93. The van der Waals surface area contributed by atoms with E-state index in [1.807, 2.05) is 33.0 Å². The molecule has 0 saturated heterocycles. The molecule has 0 saturated carbocycles. The van der Waals surface area contributed by atoms with Crippen LogP contribution in [0.25, 0.3) is 0 Å². The number of tetrazole rings is 1. The average molecular weight is 340 g/mol. The third kappa shape index (κ3) is 3.87. The van der Waals surface area contributed by atoms with Crippen molar-refractivity contribution in [2.24, 2.45) is 13.0 Å². The number of benzene rings is 1. The number of aryl methyl sites for hydroxylation is 1. The summed E-state index contributed by atoms with van der Waals surface area (Å²) < 4.78 is 3.30.